The van der Waals surface area contributed by atoms with Gasteiger partial charge in [-0.2, -0.15) is 18.2 Å². The molecule has 1 aromatic heterocycles. The Balaban J connectivity index is 0.000000231. The molecule has 1 heterocycles. The molecule has 8 aromatic rings. The van der Waals surface area contributed by atoms with Crippen LogP contribution in [0.1, 0.15) is 0 Å². The summed E-state index contributed by atoms with van der Waals surface area (Å²) in [5.41, 5.74) is 2.01. The van der Waals surface area contributed by atoms with Gasteiger partial charge in [-0.3, -0.25) is 0 Å². The van der Waals surface area contributed by atoms with Gasteiger partial charge in [0.05, 0.1) is 0 Å². The Morgan fingerprint density at radius 2 is 1.02 bits per heavy atom. The Morgan fingerprint density at radius 3 is 1.58 bits per heavy atom. The average molecular weight is 774 g/mol. The van der Waals surface area contributed by atoms with Gasteiger partial charge in [-0.25, -0.2) is 0 Å². The van der Waals surface area contributed by atoms with Crippen LogP contribution in [0.25, 0.3) is 43.6 Å². The summed E-state index contributed by atoms with van der Waals surface area (Å²) in [5, 5.41) is 9.03. The van der Waals surface area contributed by atoms with E-state index in [2.05, 4.69) is 77.8 Å². The second-order valence-corrected chi connectivity index (χ2v) is 13.3. The van der Waals surface area contributed by atoms with Gasteiger partial charge >= 0.3 is 0 Å². The van der Waals surface area contributed by atoms with Crippen molar-refractivity contribution in [2.45, 2.75) is 0 Å². The zero-order valence-electron chi connectivity index (χ0n) is 24.3. The molecule has 0 unspecified atom stereocenters. The van der Waals surface area contributed by atoms with Crippen molar-refractivity contribution in [3.8, 4) is 11.3 Å². The normalized spacial score (nSPS) is 11.0. The predicted octanol–water partition coefficient (Wildman–Crippen LogP) is 9.13. The van der Waals surface area contributed by atoms with Crippen molar-refractivity contribution in [1.82, 2.24) is 4.98 Å². The minimum atomic E-state index is -3.15. The summed E-state index contributed by atoms with van der Waals surface area (Å²) in [6.45, 7) is 0. The average Bonchev–Trinajstić information content (AvgIpc) is 3.11. The summed E-state index contributed by atoms with van der Waals surface area (Å²) < 4.78 is 15.1. The van der Waals surface area contributed by atoms with E-state index in [1.54, 1.807) is 6.20 Å². The number of hydrogen-bond donors (Lipinski definition) is 0. The third-order valence-corrected chi connectivity index (χ3v) is 10.8. The summed E-state index contributed by atoms with van der Waals surface area (Å²) in [6.07, 6.45) is 1.79. The maximum absolute atomic E-state index is 15.1. The van der Waals surface area contributed by atoms with Crippen LogP contribution >= 0.6 is 7.14 Å². The number of rotatable bonds is 4. The smallest absolute Gasteiger partial charge is 0.147 e. The van der Waals surface area contributed by atoms with E-state index < -0.39 is 7.14 Å². The predicted molar refractivity (Wildman–Crippen MR) is 186 cm³/mol. The molecule has 4 heteroatoms. The van der Waals surface area contributed by atoms with Crippen molar-refractivity contribution < 1.29 is 24.7 Å². The Morgan fingerprint density at radius 1 is 0.489 bits per heavy atom. The fourth-order valence-corrected chi connectivity index (χ4v) is 8.18. The first kappa shape index (κ1) is 30.4. The molecule has 0 aliphatic carbocycles. The van der Waals surface area contributed by atoms with Crippen LogP contribution in [0.2, 0.25) is 0 Å². The number of aromatic nitrogens is 1. The fraction of sp³-hybridized carbons (Fsp3) is 0. The van der Waals surface area contributed by atoms with Crippen LogP contribution in [0.4, 0.5) is 0 Å². The van der Waals surface area contributed by atoms with Crippen molar-refractivity contribution >= 4 is 55.4 Å². The van der Waals surface area contributed by atoms with Crippen LogP contribution in [0.5, 0.6) is 0 Å². The van der Waals surface area contributed by atoms with E-state index in [1.165, 1.54) is 0 Å². The molecule has 219 valence electrons. The quantitative estimate of drug-likeness (QED) is 0.132. The van der Waals surface area contributed by atoms with E-state index in [0.717, 1.165) is 59.5 Å². The third kappa shape index (κ3) is 6.30. The molecule has 0 spiro atoms. The van der Waals surface area contributed by atoms with Gasteiger partial charge in [-0.15, -0.1) is 52.7 Å². The van der Waals surface area contributed by atoms with E-state index in [0.29, 0.717) is 0 Å². The van der Waals surface area contributed by atoms with Gasteiger partial charge < -0.3 is 9.55 Å². The number of hydrogen-bond acceptors (Lipinski definition) is 2. The van der Waals surface area contributed by atoms with Crippen molar-refractivity contribution in [2.24, 2.45) is 0 Å². The Hall–Kier alpha value is -4.65. The van der Waals surface area contributed by atoms with Gasteiger partial charge in [-0.05, 0) is 45.4 Å². The second kappa shape index (κ2) is 13.6. The van der Waals surface area contributed by atoms with Crippen molar-refractivity contribution in [3.05, 3.63) is 182 Å². The molecule has 0 saturated carbocycles. The molecule has 0 amide bonds. The van der Waals surface area contributed by atoms with E-state index >= 15 is 4.57 Å². The zero-order valence-corrected chi connectivity index (χ0v) is 27.6. The van der Waals surface area contributed by atoms with Gasteiger partial charge in [0.1, 0.15) is 7.14 Å². The monoisotopic (exact) mass is 774 g/mol. The number of nitrogens with zero attached hydrogens (tertiary/aromatic N) is 1. The van der Waals surface area contributed by atoms with E-state index in [4.69, 9.17) is 0 Å². The maximum atomic E-state index is 15.1. The van der Waals surface area contributed by atoms with Crippen LogP contribution in [0.15, 0.2) is 170 Å². The molecule has 0 saturated heterocycles. The summed E-state index contributed by atoms with van der Waals surface area (Å²) >= 11 is 0. The Kier molecular flexibility index (Phi) is 9.15. The van der Waals surface area contributed by atoms with Crippen LogP contribution in [-0.4, -0.2) is 4.98 Å². The third-order valence-electron chi connectivity index (χ3n) is 7.85. The molecule has 2 nitrogen and oxygen atoms in total. The minimum absolute atomic E-state index is 0. The molecule has 0 bridgehead atoms. The molecule has 0 aliphatic rings. The summed E-state index contributed by atoms with van der Waals surface area (Å²) in [5.74, 6) is 0. The molecule has 0 fully saturated rings. The van der Waals surface area contributed by atoms with Crippen LogP contribution < -0.4 is 15.9 Å². The van der Waals surface area contributed by atoms with Crippen molar-refractivity contribution in [1.29, 1.82) is 0 Å². The Bertz CT molecular complexity index is 2030. The van der Waals surface area contributed by atoms with Gasteiger partial charge in [0, 0.05) is 36.9 Å². The van der Waals surface area contributed by atoms with Crippen molar-refractivity contribution in [2.75, 3.05) is 0 Å². The molecular formula is C41H28IrNOP-2. The fourth-order valence-electron chi connectivity index (χ4n) is 5.54. The minimum Gasteiger partial charge on any atom is -0.311 e. The standard InChI is InChI=1S/C30H20OP.C11H8N.Ir/c31-32(28-16-13-22-7-1-4-10-25(22)19-28,29-17-14-23-8-2-5-11-26(23)20-29)30-18-15-24-9-3-6-12-27(24)21-30;1-2-6-10(7-3-1)11-8-4-5-9-12-11;/h1-17,19-21H;1-6,8-9H;/q2*-1;. The first-order chi connectivity index (χ1) is 21.7. The molecule has 0 atom stereocenters. The topological polar surface area (TPSA) is 30.0 Å². The van der Waals surface area contributed by atoms with Gasteiger partial charge in [0.15, 0.2) is 0 Å². The van der Waals surface area contributed by atoms with E-state index in [-0.39, 0.29) is 20.1 Å². The summed E-state index contributed by atoms with van der Waals surface area (Å²) in [4.78, 5) is 4.22. The molecule has 0 N–H and O–H groups in total. The molecule has 45 heavy (non-hydrogen) atoms. The largest absolute Gasteiger partial charge is 0.311 e. The van der Waals surface area contributed by atoms with Crippen LogP contribution in [-0.2, 0) is 24.7 Å². The Labute approximate surface area is 277 Å². The van der Waals surface area contributed by atoms with E-state index in [9.17, 15) is 0 Å². The number of benzene rings is 7. The molecule has 0 aliphatic heterocycles. The SMILES string of the molecule is O=P(c1[c-]cc2ccccc2c1)(c1ccc2ccccc2c1)c1ccc2ccccc2c1.[Ir].[c-]1ccccc1-c1ccccn1. The van der Waals surface area contributed by atoms with Gasteiger partial charge in [-0.1, -0.05) is 108 Å². The molecule has 8 rings (SSSR count). The van der Waals surface area contributed by atoms with Gasteiger partial charge in [0.2, 0.25) is 0 Å². The summed E-state index contributed by atoms with van der Waals surface area (Å²) in [6, 6.07) is 61.1. The zero-order chi connectivity index (χ0) is 29.8. The van der Waals surface area contributed by atoms with Crippen LogP contribution in [0.3, 0.4) is 0 Å². The first-order valence-electron chi connectivity index (χ1n) is 14.6. The molecule has 7 aromatic carbocycles. The number of pyridine rings is 1. The first-order valence-corrected chi connectivity index (χ1v) is 16.3. The van der Waals surface area contributed by atoms with Gasteiger partial charge in [0.25, 0.3) is 0 Å². The second-order valence-electron chi connectivity index (χ2n) is 10.6. The molecular weight excluding hydrogens is 746 g/mol. The summed E-state index contributed by atoms with van der Waals surface area (Å²) in [7, 11) is -3.15. The molecule has 1 radical (unpaired) electrons. The van der Waals surface area contributed by atoms with Crippen molar-refractivity contribution in [3.63, 3.8) is 0 Å². The van der Waals surface area contributed by atoms with E-state index in [1.807, 2.05) is 103 Å². The number of fused-ring (bicyclic) bond motifs is 3. The van der Waals surface area contributed by atoms with Crippen LogP contribution in [0, 0.1) is 12.1 Å². The maximum Gasteiger partial charge on any atom is 0.147 e.